The topological polar surface area (TPSA) is 55.4 Å². The van der Waals surface area contributed by atoms with Gasteiger partial charge in [-0.3, -0.25) is 4.79 Å². The Morgan fingerprint density at radius 2 is 1.30 bits per heavy atom. The Bertz CT molecular complexity index is 422. The minimum Gasteiger partial charge on any atom is -0.441 e. The minimum absolute atomic E-state index is 0.705. The van der Waals surface area contributed by atoms with E-state index in [1.54, 1.807) is 0 Å². The zero-order valence-electron chi connectivity index (χ0n) is 13.2. The van der Waals surface area contributed by atoms with Crippen LogP contribution in [0.2, 0.25) is 0 Å². The number of halogens is 6. The molecule has 0 saturated carbocycles. The van der Waals surface area contributed by atoms with E-state index < -0.39 is 47.7 Å². The molecule has 0 aromatic heterocycles. The average Bonchev–Trinajstić information content (AvgIpc) is 2.27. The van der Waals surface area contributed by atoms with Crippen molar-refractivity contribution in [3.63, 3.8) is 0 Å². The molecule has 23 heavy (non-hydrogen) atoms. The van der Waals surface area contributed by atoms with Crippen LogP contribution in [-0.4, -0.2) is 36.4 Å². The SMILES string of the molecule is CC(C)C(NC(=O)C(C)(C)C)C(=O)OC(C(F)(F)F)C(F)(F)F. The van der Waals surface area contributed by atoms with Crippen molar-refractivity contribution in [1.82, 2.24) is 5.32 Å². The summed E-state index contributed by atoms with van der Waals surface area (Å²) in [5.41, 5.74) is -0.985. The van der Waals surface area contributed by atoms with E-state index in [4.69, 9.17) is 0 Å². The number of hydrogen-bond acceptors (Lipinski definition) is 3. The van der Waals surface area contributed by atoms with Crippen molar-refractivity contribution in [3.8, 4) is 0 Å². The average molecular weight is 351 g/mol. The smallest absolute Gasteiger partial charge is 0.434 e. The third kappa shape index (κ3) is 6.66. The highest BCUT2D eigenvalue weighted by molar-refractivity contribution is 5.87. The quantitative estimate of drug-likeness (QED) is 0.625. The molecule has 0 aromatic rings. The number of esters is 1. The normalized spacial score (nSPS) is 14.8. The molecule has 4 nitrogen and oxygen atoms in total. The van der Waals surface area contributed by atoms with Crippen LogP contribution < -0.4 is 5.32 Å². The zero-order chi connectivity index (χ0) is 18.8. The van der Waals surface area contributed by atoms with Crippen LogP contribution in [0.4, 0.5) is 26.3 Å². The largest absolute Gasteiger partial charge is 0.441 e. The Morgan fingerprint density at radius 3 is 1.57 bits per heavy atom. The third-order valence-electron chi connectivity index (χ3n) is 2.72. The standard InChI is InChI=1S/C13H19F6NO3/c1-6(2)7(20-10(22)11(3,4)5)8(21)23-9(12(14,15)16)13(17,18)19/h6-7,9H,1-5H3,(H,20,22). The molecule has 0 bridgehead atoms. The zero-order valence-corrected chi connectivity index (χ0v) is 13.2. The van der Waals surface area contributed by atoms with E-state index in [2.05, 4.69) is 10.1 Å². The molecule has 0 aliphatic heterocycles. The van der Waals surface area contributed by atoms with Crippen molar-refractivity contribution in [1.29, 1.82) is 0 Å². The summed E-state index contributed by atoms with van der Waals surface area (Å²) in [6.45, 7) is 7.12. The molecule has 1 N–H and O–H groups in total. The summed E-state index contributed by atoms with van der Waals surface area (Å²) in [7, 11) is 0. The maximum Gasteiger partial charge on any atom is 0.434 e. The van der Waals surface area contributed by atoms with E-state index in [9.17, 15) is 35.9 Å². The van der Waals surface area contributed by atoms with Gasteiger partial charge in [-0.2, -0.15) is 26.3 Å². The molecule has 1 unspecified atom stereocenters. The van der Waals surface area contributed by atoms with Gasteiger partial charge in [0.15, 0.2) is 0 Å². The molecule has 1 atom stereocenters. The first-order valence-electron chi connectivity index (χ1n) is 6.62. The highest BCUT2D eigenvalue weighted by Gasteiger charge is 2.60. The number of ether oxygens (including phenoxy) is 1. The van der Waals surface area contributed by atoms with Gasteiger partial charge in [-0.15, -0.1) is 0 Å². The first kappa shape index (κ1) is 21.5. The third-order valence-corrected chi connectivity index (χ3v) is 2.72. The van der Waals surface area contributed by atoms with Gasteiger partial charge in [0.05, 0.1) is 0 Å². The van der Waals surface area contributed by atoms with Gasteiger partial charge in [0.1, 0.15) is 6.04 Å². The molecule has 0 radical (unpaired) electrons. The lowest BCUT2D eigenvalue weighted by atomic mass is 9.94. The summed E-state index contributed by atoms with van der Waals surface area (Å²) in [6, 6.07) is -1.63. The second-order valence-electron chi connectivity index (χ2n) is 6.35. The van der Waals surface area contributed by atoms with E-state index >= 15 is 0 Å². The molecule has 136 valence electrons. The molecule has 0 aliphatic rings. The number of carbonyl (C=O) groups is 2. The van der Waals surface area contributed by atoms with Crippen LogP contribution >= 0.6 is 0 Å². The number of rotatable bonds is 4. The van der Waals surface area contributed by atoms with Crippen LogP contribution in [0.15, 0.2) is 0 Å². The lowest BCUT2D eigenvalue weighted by Gasteiger charge is -2.28. The second kappa shape index (κ2) is 6.96. The summed E-state index contributed by atoms with van der Waals surface area (Å²) in [5.74, 6) is -3.27. The molecular formula is C13H19F6NO3. The van der Waals surface area contributed by atoms with Gasteiger partial charge in [-0.25, -0.2) is 4.79 Å². The molecule has 0 fully saturated rings. The van der Waals surface area contributed by atoms with Crippen molar-refractivity contribution >= 4 is 11.9 Å². The maximum atomic E-state index is 12.4. The lowest BCUT2D eigenvalue weighted by Crippen LogP contribution is -2.53. The molecular weight excluding hydrogens is 332 g/mol. The fourth-order valence-corrected chi connectivity index (χ4v) is 1.36. The second-order valence-corrected chi connectivity index (χ2v) is 6.35. The Hall–Kier alpha value is -1.48. The molecule has 0 rings (SSSR count). The van der Waals surface area contributed by atoms with Crippen LogP contribution in [-0.2, 0) is 14.3 Å². The van der Waals surface area contributed by atoms with Gasteiger partial charge in [-0.05, 0) is 5.92 Å². The van der Waals surface area contributed by atoms with Gasteiger partial charge >= 0.3 is 18.3 Å². The van der Waals surface area contributed by atoms with Gasteiger partial charge in [0.2, 0.25) is 5.91 Å². The number of carbonyl (C=O) groups excluding carboxylic acids is 2. The highest BCUT2D eigenvalue weighted by atomic mass is 19.4. The molecule has 0 heterocycles. The van der Waals surface area contributed by atoms with Crippen LogP contribution in [0.3, 0.4) is 0 Å². The van der Waals surface area contributed by atoms with Crippen molar-refractivity contribution in [2.45, 2.75) is 59.1 Å². The summed E-state index contributed by atoms with van der Waals surface area (Å²) in [6.07, 6.45) is -15.8. The lowest BCUT2D eigenvalue weighted by molar-refractivity contribution is -0.314. The van der Waals surface area contributed by atoms with Crippen LogP contribution in [0, 0.1) is 11.3 Å². The van der Waals surface area contributed by atoms with Crippen LogP contribution in [0.25, 0.3) is 0 Å². The van der Waals surface area contributed by atoms with Crippen LogP contribution in [0.1, 0.15) is 34.6 Å². The van der Waals surface area contributed by atoms with Crippen molar-refractivity contribution in [2.24, 2.45) is 11.3 Å². The van der Waals surface area contributed by atoms with Crippen molar-refractivity contribution < 1.29 is 40.7 Å². The molecule has 0 aliphatic carbocycles. The molecule has 1 amide bonds. The van der Waals surface area contributed by atoms with Gasteiger partial charge in [0.25, 0.3) is 6.10 Å². The van der Waals surface area contributed by atoms with Gasteiger partial charge in [0, 0.05) is 5.41 Å². The first-order chi connectivity index (χ1) is 9.98. The summed E-state index contributed by atoms with van der Waals surface area (Å²) in [5, 5.41) is 2.12. The fourth-order valence-electron chi connectivity index (χ4n) is 1.36. The first-order valence-corrected chi connectivity index (χ1v) is 6.62. The van der Waals surface area contributed by atoms with Gasteiger partial charge in [-0.1, -0.05) is 34.6 Å². The monoisotopic (exact) mass is 351 g/mol. The number of alkyl halides is 6. The Labute approximate surface area is 129 Å². The number of nitrogens with one attached hydrogen (secondary N) is 1. The van der Waals surface area contributed by atoms with E-state index in [1.807, 2.05) is 0 Å². The predicted octanol–water partition coefficient (Wildman–Crippen LogP) is 3.21. The Kier molecular flexibility index (Phi) is 6.51. The van der Waals surface area contributed by atoms with Crippen molar-refractivity contribution in [2.75, 3.05) is 0 Å². The minimum atomic E-state index is -5.80. The number of amides is 1. The van der Waals surface area contributed by atoms with Gasteiger partial charge < -0.3 is 10.1 Å². The van der Waals surface area contributed by atoms with E-state index in [-0.39, 0.29) is 0 Å². The summed E-state index contributed by atoms with van der Waals surface area (Å²) in [4.78, 5) is 23.5. The fraction of sp³-hybridized carbons (Fsp3) is 0.846. The predicted molar refractivity (Wildman–Crippen MR) is 68.2 cm³/mol. The maximum absolute atomic E-state index is 12.4. The van der Waals surface area contributed by atoms with Crippen LogP contribution in [0.5, 0.6) is 0 Å². The molecule has 0 aromatic carbocycles. The Balaban J connectivity index is 5.30. The molecule has 0 spiro atoms. The number of hydrogen-bond donors (Lipinski definition) is 1. The summed E-state index contributed by atoms with van der Waals surface area (Å²) < 4.78 is 78.1. The Morgan fingerprint density at radius 1 is 0.913 bits per heavy atom. The molecule has 10 heteroatoms. The summed E-state index contributed by atoms with van der Waals surface area (Å²) >= 11 is 0. The van der Waals surface area contributed by atoms with Crippen molar-refractivity contribution in [3.05, 3.63) is 0 Å². The van der Waals surface area contributed by atoms with E-state index in [1.165, 1.54) is 34.6 Å². The van der Waals surface area contributed by atoms with E-state index in [0.717, 1.165) is 0 Å². The highest BCUT2D eigenvalue weighted by Crippen LogP contribution is 2.36. The van der Waals surface area contributed by atoms with E-state index in [0.29, 0.717) is 0 Å². The molecule has 0 saturated heterocycles.